The molecule has 0 saturated heterocycles. The molecule has 0 spiro atoms. The van der Waals surface area contributed by atoms with E-state index in [1.165, 1.54) is 0 Å². The summed E-state index contributed by atoms with van der Waals surface area (Å²) in [5.41, 5.74) is 9.90. The third-order valence-corrected chi connectivity index (χ3v) is 2.79. The first kappa shape index (κ1) is 11.8. The second kappa shape index (κ2) is 4.67. The molecule has 2 rings (SSSR count). The molecule has 0 amide bonds. The largest absolute Gasteiger partial charge is 0.326 e. The number of nitrogens with two attached hydrogens (primary N) is 1. The van der Waals surface area contributed by atoms with Gasteiger partial charge in [0.15, 0.2) is 0 Å². The van der Waals surface area contributed by atoms with Crippen molar-refractivity contribution in [3.8, 4) is 11.1 Å². The minimum Gasteiger partial charge on any atom is -0.326 e. The summed E-state index contributed by atoms with van der Waals surface area (Å²) in [7, 11) is 0. The van der Waals surface area contributed by atoms with Gasteiger partial charge in [0.05, 0.1) is 5.69 Å². The fourth-order valence-corrected chi connectivity index (χ4v) is 1.78. The second-order valence-electron chi connectivity index (χ2n) is 4.49. The summed E-state index contributed by atoms with van der Waals surface area (Å²) in [5.74, 6) is 0. The summed E-state index contributed by atoms with van der Waals surface area (Å²) < 4.78 is 1.97. The zero-order valence-electron chi connectivity index (χ0n) is 10.5. The van der Waals surface area contributed by atoms with Crippen LogP contribution in [0.2, 0.25) is 0 Å². The number of nitrogens with zero attached hydrogens (tertiary/aromatic N) is 3. The maximum absolute atomic E-state index is 5.63. The van der Waals surface area contributed by atoms with E-state index in [-0.39, 0.29) is 0 Å². The van der Waals surface area contributed by atoms with E-state index in [1.54, 1.807) is 6.20 Å². The van der Waals surface area contributed by atoms with Crippen LogP contribution in [0, 0.1) is 6.92 Å². The van der Waals surface area contributed by atoms with E-state index in [1.807, 2.05) is 17.8 Å². The zero-order valence-corrected chi connectivity index (χ0v) is 10.5. The number of hydrogen-bond acceptors (Lipinski definition) is 3. The van der Waals surface area contributed by atoms with Crippen LogP contribution in [-0.2, 0) is 6.54 Å². The van der Waals surface area contributed by atoms with Crippen molar-refractivity contribution in [2.75, 3.05) is 0 Å². The van der Waals surface area contributed by atoms with Gasteiger partial charge in [-0.15, -0.1) is 0 Å². The Morgan fingerprint density at radius 1 is 1.35 bits per heavy atom. The SMILES string of the molecule is Cc1nn(C(C)C)cc1-c1cncc(CN)c1. The lowest BCUT2D eigenvalue weighted by Gasteiger charge is -2.03. The molecule has 0 bridgehead atoms. The maximum atomic E-state index is 5.63. The normalized spacial score (nSPS) is 11.1. The minimum atomic E-state index is 0.369. The summed E-state index contributed by atoms with van der Waals surface area (Å²) in [4.78, 5) is 4.21. The average Bonchev–Trinajstić information content (AvgIpc) is 2.72. The highest BCUT2D eigenvalue weighted by atomic mass is 15.3. The van der Waals surface area contributed by atoms with Crippen LogP contribution >= 0.6 is 0 Å². The Balaban J connectivity index is 2.45. The quantitative estimate of drug-likeness (QED) is 0.880. The molecule has 0 aliphatic rings. The molecule has 0 aliphatic heterocycles. The molecular weight excluding hydrogens is 212 g/mol. The van der Waals surface area contributed by atoms with Crippen LogP contribution in [0.4, 0.5) is 0 Å². The Hall–Kier alpha value is -1.68. The molecule has 2 aromatic heterocycles. The highest BCUT2D eigenvalue weighted by Gasteiger charge is 2.09. The monoisotopic (exact) mass is 230 g/mol. The zero-order chi connectivity index (χ0) is 12.4. The Kier molecular flexibility index (Phi) is 3.24. The Labute approximate surface area is 101 Å². The molecule has 2 N–H and O–H groups in total. The Morgan fingerprint density at radius 3 is 2.71 bits per heavy atom. The van der Waals surface area contributed by atoms with Crippen molar-refractivity contribution in [2.24, 2.45) is 5.73 Å². The third kappa shape index (κ3) is 2.36. The fourth-order valence-electron chi connectivity index (χ4n) is 1.78. The first-order valence-electron chi connectivity index (χ1n) is 5.82. The minimum absolute atomic E-state index is 0.369. The van der Waals surface area contributed by atoms with Gasteiger partial charge in [-0.25, -0.2) is 0 Å². The predicted molar refractivity (Wildman–Crippen MR) is 68.5 cm³/mol. The van der Waals surface area contributed by atoms with Crippen LogP contribution in [0.15, 0.2) is 24.7 Å². The van der Waals surface area contributed by atoms with Crippen LogP contribution in [0.3, 0.4) is 0 Å². The van der Waals surface area contributed by atoms with Gasteiger partial charge in [0.1, 0.15) is 0 Å². The van der Waals surface area contributed by atoms with Crippen LogP contribution < -0.4 is 5.73 Å². The van der Waals surface area contributed by atoms with Gasteiger partial charge in [-0.05, 0) is 32.4 Å². The molecule has 4 nitrogen and oxygen atoms in total. The van der Waals surface area contributed by atoms with Crippen LogP contribution in [0.5, 0.6) is 0 Å². The van der Waals surface area contributed by atoms with Gasteiger partial charge in [0.25, 0.3) is 0 Å². The number of rotatable bonds is 3. The van der Waals surface area contributed by atoms with E-state index in [9.17, 15) is 0 Å². The number of aromatic nitrogens is 3. The van der Waals surface area contributed by atoms with Gasteiger partial charge in [-0.3, -0.25) is 9.67 Å². The van der Waals surface area contributed by atoms with Crippen LogP contribution in [0.25, 0.3) is 11.1 Å². The highest BCUT2D eigenvalue weighted by Crippen LogP contribution is 2.23. The van der Waals surface area contributed by atoms with Crippen molar-refractivity contribution in [3.63, 3.8) is 0 Å². The summed E-state index contributed by atoms with van der Waals surface area (Å²) in [6, 6.07) is 2.44. The lowest BCUT2D eigenvalue weighted by Crippen LogP contribution is -2.00. The van der Waals surface area contributed by atoms with E-state index in [2.05, 4.69) is 36.2 Å². The molecule has 0 saturated carbocycles. The number of pyridine rings is 1. The van der Waals surface area contributed by atoms with Gasteiger partial charge in [-0.2, -0.15) is 5.10 Å². The lowest BCUT2D eigenvalue weighted by molar-refractivity contribution is 0.529. The van der Waals surface area contributed by atoms with Crippen molar-refractivity contribution >= 4 is 0 Å². The summed E-state index contributed by atoms with van der Waals surface area (Å²) in [5, 5.41) is 4.50. The molecule has 0 aliphatic carbocycles. The average molecular weight is 230 g/mol. The molecule has 0 unspecified atom stereocenters. The van der Waals surface area contributed by atoms with Crippen LogP contribution in [0.1, 0.15) is 31.1 Å². The molecule has 2 aromatic rings. The Morgan fingerprint density at radius 2 is 2.12 bits per heavy atom. The number of aryl methyl sites for hydroxylation is 1. The van der Waals surface area contributed by atoms with Crippen LogP contribution in [-0.4, -0.2) is 14.8 Å². The van der Waals surface area contributed by atoms with Gasteiger partial charge < -0.3 is 5.73 Å². The summed E-state index contributed by atoms with van der Waals surface area (Å²) >= 11 is 0. The van der Waals surface area contributed by atoms with E-state index in [0.29, 0.717) is 12.6 Å². The first-order chi connectivity index (χ1) is 8.11. The molecule has 4 heteroatoms. The smallest absolute Gasteiger partial charge is 0.0672 e. The van der Waals surface area contributed by atoms with Gasteiger partial charge in [0, 0.05) is 42.3 Å². The first-order valence-corrected chi connectivity index (χ1v) is 5.82. The van der Waals surface area contributed by atoms with Crippen molar-refractivity contribution in [1.29, 1.82) is 0 Å². The Bertz CT molecular complexity index is 514. The van der Waals surface area contributed by atoms with Gasteiger partial charge in [0.2, 0.25) is 0 Å². The molecule has 0 fully saturated rings. The van der Waals surface area contributed by atoms with E-state index in [0.717, 1.165) is 22.4 Å². The third-order valence-electron chi connectivity index (χ3n) is 2.79. The lowest BCUT2D eigenvalue weighted by atomic mass is 10.1. The molecular formula is C13H18N4. The van der Waals surface area contributed by atoms with Crippen molar-refractivity contribution in [1.82, 2.24) is 14.8 Å². The van der Waals surface area contributed by atoms with Gasteiger partial charge >= 0.3 is 0 Å². The maximum Gasteiger partial charge on any atom is 0.0672 e. The van der Waals surface area contributed by atoms with Gasteiger partial charge in [-0.1, -0.05) is 0 Å². The van der Waals surface area contributed by atoms with E-state index < -0.39 is 0 Å². The molecule has 2 heterocycles. The summed E-state index contributed by atoms with van der Waals surface area (Å²) in [6.07, 6.45) is 5.72. The van der Waals surface area contributed by atoms with E-state index >= 15 is 0 Å². The molecule has 0 atom stereocenters. The standard InChI is InChI=1S/C13H18N4/c1-9(2)17-8-13(10(3)16-17)12-4-11(5-14)6-15-7-12/h4,6-9H,5,14H2,1-3H3. The van der Waals surface area contributed by atoms with Crippen molar-refractivity contribution < 1.29 is 0 Å². The molecule has 17 heavy (non-hydrogen) atoms. The second-order valence-corrected chi connectivity index (χ2v) is 4.49. The van der Waals surface area contributed by atoms with E-state index in [4.69, 9.17) is 5.73 Å². The summed E-state index contributed by atoms with van der Waals surface area (Å²) in [6.45, 7) is 6.76. The fraction of sp³-hybridized carbons (Fsp3) is 0.385. The molecule has 0 aromatic carbocycles. The molecule has 90 valence electrons. The number of hydrogen-bond donors (Lipinski definition) is 1. The predicted octanol–water partition coefficient (Wildman–Crippen LogP) is 2.29. The van der Waals surface area contributed by atoms with Crippen molar-refractivity contribution in [3.05, 3.63) is 35.9 Å². The topological polar surface area (TPSA) is 56.7 Å². The highest BCUT2D eigenvalue weighted by molar-refractivity contribution is 5.64. The van der Waals surface area contributed by atoms with Crippen molar-refractivity contribution in [2.45, 2.75) is 33.4 Å². The molecule has 0 radical (unpaired) electrons.